The van der Waals surface area contributed by atoms with Crippen LogP contribution in [0, 0.1) is 12.8 Å². The Hall–Kier alpha value is -1.55. The number of furan rings is 1. The van der Waals surface area contributed by atoms with Crippen molar-refractivity contribution >= 4 is 29.9 Å². The van der Waals surface area contributed by atoms with Gasteiger partial charge in [0.2, 0.25) is 0 Å². The standard InChI is InChI=1S/C23H36N6O.HI/c1-4-25-23(28-13-9-18(2)21(16-28)29-14-10-24-17-29)26-15-20(27-11-5-6-12-27)22-8-7-19(3)30-22;/h7-8,10,14,17-18,20-21H,4-6,9,11-13,15-16H2,1-3H3,(H,25,26);1H. The minimum absolute atomic E-state index is 0. The third kappa shape index (κ3) is 5.83. The number of aromatic nitrogens is 2. The van der Waals surface area contributed by atoms with E-state index in [1.54, 1.807) is 0 Å². The van der Waals surface area contributed by atoms with Gasteiger partial charge < -0.3 is 19.2 Å². The van der Waals surface area contributed by atoms with Crippen LogP contribution in [0.1, 0.15) is 56.7 Å². The lowest BCUT2D eigenvalue weighted by Crippen LogP contribution is -2.49. The number of guanidine groups is 1. The zero-order chi connectivity index (χ0) is 20.9. The molecule has 31 heavy (non-hydrogen) atoms. The monoisotopic (exact) mass is 540 g/mol. The molecule has 2 fully saturated rings. The summed E-state index contributed by atoms with van der Waals surface area (Å²) in [6.45, 7) is 12.3. The van der Waals surface area contributed by atoms with Gasteiger partial charge >= 0.3 is 0 Å². The van der Waals surface area contributed by atoms with E-state index in [-0.39, 0.29) is 30.0 Å². The molecule has 0 spiro atoms. The van der Waals surface area contributed by atoms with Gasteiger partial charge in [0, 0.05) is 32.0 Å². The van der Waals surface area contributed by atoms with E-state index in [2.05, 4.69) is 56.8 Å². The van der Waals surface area contributed by atoms with Crippen LogP contribution in [-0.2, 0) is 0 Å². The minimum atomic E-state index is 0. The lowest BCUT2D eigenvalue weighted by atomic mass is 9.93. The van der Waals surface area contributed by atoms with Crippen LogP contribution in [0.4, 0.5) is 0 Å². The van der Waals surface area contributed by atoms with Gasteiger partial charge in [-0.2, -0.15) is 0 Å². The fraction of sp³-hybridized carbons (Fsp3) is 0.652. The van der Waals surface area contributed by atoms with Gasteiger partial charge in [0.05, 0.1) is 25.0 Å². The highest BCUT2D eigenvalue weighted by Gasteiger charge is 2.30. The third-order valence-electron chi connectivity index (χ3n) is 6.55. The molecule has 0 radical (unpaired) electrons. The van der Waals surface area contributed by atoms with Crippen molar-refractivity contribution in [1.82, 2.24) is 24.7 Å². The largest absolute Gasteiger partial charge is 0.465 e. The molecule has 0 aromatic carbocycles. The van der Waals surface area contributed by atoms with Crippen LogP contribution in [0.25, 0.3) is 0 Å². The van der Waals surface area contributed by atoms with Crippen molar-refractivity contribution < 1.29 is 4.42 Å². The number of hydrogen-bond acceptors (Lipinski definition) is 4. The molecule has 7 nitrogen and oxygen atoms in total. The third-order valence-corrected chi connectivity index (χ3v) is 6.55. The Morgan fingerprint density at radius 3 is 2.74 bits per heavy atom. The molecule has 4 rings (SSSR count). The predicted molar refractivity (Wildman–Crippen MR) is 135 cm³/mol. The second kappa shape index (κ2) is 11.4. The lowest BCUT2D eigenvalue weighted by Gasteiger charge is -2.39. The predicted octanol–water partition coefficient (Wildman–Crippen LogP) is 4.09. The second-order valence-electron chi connectivity index (χ2n) is 8.69. The van der Waals surface area contributed by atoms with Crippen LogP contribution in [0.15, 0.2) is 40.3 Å². The number of likely N-dealkylation sites (tertiary alicyclic amines) is 2. The summed E-state index contributed by atoms with van der Waals surface area (Å²) in [5.74, 6) is 3.65. The van der Waals surface area contributed by atoms with Gasteiger partial charge in [-0.15, -0.1) is 24.0 Å². The number of aryl methyl sites for hydroxylation is 1. The number of rotatable bonds is 6. The van der Waals surface area contributed by atoms with E-state index in [0.29, 0.717) is 12.0 Å². The highest BCUT2D eigenvalue weighted by Crippen LogP contribution is 2.29. The van der Waals surface area contributed by atoms with Crippen molar-refractivity contribution in [2.75, 3.05) is 39.3 Å². The first kappa shape index (κ1) is 24.1. The topological polar surface area (TPSA) is 61.8 Å². The average Bonchev–Trinajstić information content (AvgIpc) is 3.51. The number of nitrogens with one attached hydrogen (secondary N) is 1. The number of nitrogens with zero attached hydrogens (tertiary/aromatic N) is 5. The van der Waals surface area contributed by atoms with E-state index < -0.39 is 0 Å². The lowest BCUT2D eigenvalue weighted by molar-refractivity contribution is 0.187. The molecule has 2 aliphatic rings. The van der Waals surface area contributed by atoms with Gasteiger partial charge in [0.15, 0.2) is 5.96 Å². The summed E-state index contributed by atoms with van der Waals surface area (Å²) >= 11 is 0. The van der Waals surface area contributed by atoms with E-state index in [1.165, 1.54) is 12.8 Å². The Balaban J connectivity index is 0.00000272. The van der Waals surface area contributed by atoms with Crippen molar-refractivity contribution in [3.8, 4) is 0 Å². The first-order valence-corrected chi connectivity index (χ1v) is 11.5. The number of piperidine rings is 1. The Labute approximate surface area is 203 Å². The van der Waals surface area contributed by atoms with Crippen LogP contribution < -0.4 is 5.32 Å². The highest BCUT2D eigenvalue weighted by atomic mass is 127. The summed E-state index contributed by atoms with van der Waals surface area (Å²) in [5, 5.41) is 3.54. The quantitative estimate of drug-likeness (QED) is 0.340. The minimum Gasteiger partial charge on any atom is -0.465 e. The number of imidazole rings is 1. The van der Waals surface area contributed by atoms with Crippen molar-refractivity contribution in [3.63, 3.8) is 0 Å². The van der Waals surface area contributed by atoms with E-state index in [4.69, 9.17) is 9.41 Å². The maximum Gasteiger partial charge on any atom is 0.194 e. The van der Waals surface area contributed by atoms with Crippen molar-refractivity contribution in [3.05, 3.63) is 42.4 Å². The maximum absolute atomic E-state index is 6.02. The summed E-state index contributed by atoms with van der Waals surface area (Å²) in [6.07, 6.45) is 9.57. The molecule has 4 heterocycles. The summed E-state index contributed by atoms with van der Waals surface area (Å²) in [6, 6.07) is 4.82. The molecular formula is C23H37IN6O. The number of aliphatic imine (C=N–C) groups is 1. The molecule has 2 saturated heterocycles. The molecular weight excluding hydrogens is 503 g/mol. The highest BCUT2D eigenvalue weighted by molar-refractivity contribution is 14.0. The first-order chi connectivity index (χ1) is 14.7. The van der Waals surface area contributed by atoms with Crippen molar-refractivity contribution in [2.45, 2.75) is 52.1 Å². The van der Waals surface area contributed by atoms with E-state index in [1.807, 2.05) is 19.4 Å². The molecule has 2 aliphatic heterocycles. The van der Waals surface area contributed by atoms with Crippen LogP contribution in [0.5, 0.6) is 0 Å². The Morgan fingerprint density at radius 2 is 2.10 bits per heavy atom. The zero-order valence-electron chi connectivity index (χ0n) is 19.0. The molecule has 2 aromatic rings. The molecule has 8 heteroatoms. The van der Waals surface area contributed by atoms with Gasteiger partial charge in [0.25, 0.3) is 0 Å². The zero-order valence-corrected chi connectivity index (χ0v) is 21.4. The molecule has 3 unspecified atom stereocenters. The summed E-state index contributed by atoms with van der Waals surface area (Å²) in [4.78, 5) is 14.3. The number of hydrogen-bond donors (Lipinski definition) is 1. The Bertz CT molecular complexity index is 814. The van der Waals surface area contributed by atoms with Gasteiger partial charge in [-0.3, -0.25) is 9.89 Å². The van der Waals surface area contributed by atoms with Crippen molar-refractivity contribution in [1.29, 1.82) is 0 Å². The molecule has 3 atom stereocenters. The normalized spacial score (nSPS) is 23.6. The van der Waals surface area contributed by atoms with Crippen LogP contribution in [0.2, 0.25) is 0 Å². The van der Waals surface area contributed by atoms with Crippen LogP contribution >= 0.6 is 24.0 Å². The molecule has 1 N–H and O–H groups in total. The Kier molecular flexibility index (Phi) is 8.83. The van der Waals surface area contributed by atoms with E-state index in [9.17, 15) is 0 Å². The fourth-order valence-corrected chi connectivity index (χ4v) is 4.76. The maximum atomic E-state index is 6.02. The summed E-state index contributed by atoms with van der Waals surface area (Å²) in [7, 11) is 0. The van der Waals surface area contributed by atoms with Gasteiger partial charge in [0.1, 0.15) is 11.5 Å². The molecule has 0 amide bonds. The SMILES string of the molecule is CCNC(=NCC(c1ccc(C)o1)N1CCCC1)N1CCC(C)C(n2ccnc2)C1.I. The second-order valence-corrected chi connectivity index (χ2v) is 8.69. The van der Waals surface area contributed by atoms with Gasteiger partial charge in [-0.1, -0.05) is 6.92 Å². The molecule has 0 bridgehead atoms. The van der Waals surface area contributed by atoms with Crippen LogP contribution in [0.3, 0.4) is 0 Å². The summed E-state index contributed by atoms with van der Waals surface area (Å²) in [5.41, 5.74) is 0. The molecule has 0 saturated carbocycles. The average molecular weight is 540 g/mol. The van der Waals surface area contributed by atoms with E-state index >= 15 is 0 Å². The first-order valence-electron chi connectivity index (χ1n) is 11.5. The van der Waals surface area contributed by atoms with Gasteiger partial charge in [-0.05, 0) is 64.3 Å². The van der Waals surface area contributed by atoms with E-state index in [0.717, 1.165) is 63.2 Å². The van der Waals surface area contributed by atoms with Crippen molar-refractivity contribution in [2.24, 2.45) is 10.9 Å². The molecule has 2 aromatic heterocycles. The van der Waals surface area contributed by atoms with Crippen LogP contribution in [-0.4, -0.2) is 64.6 Å². The fourth-order valence-electron chi connectivity index (χ4n) is 4.76. The Morgan fingerprint density at radius 1 is 1.29 bits per heavy atom. The molecule has 172 valence electrons. The molecule has 0 aliphatic carbocycles. The number of halogens is 1. The summed E-state index contributed by atoms with van der Waals surface area (Å²) < 4.78 is 8.27. The smallest absolute Gasteiger partial charge is 0.194 e. The van der Waals surface area contributed by atoms with Gasteiger partial charge in [-0.25, -0.2) is 4.98 Å².